The first-order chi connectivity index (χ1) is 8.69. The number of ether oxygens (including phenoxy) is 1. The minimum Gasteiger partial charge on any atom is -0.374 e. The first-order valence-electron chi connectivity index (χ1n) is 8.08. The van der Waals surface area contributed by atoms with Gasteiger partial charge < -0.3 is 10.1 Å². The molecule has 1 saturated carbocycles. The van der Waals surface area contributed by atoms with Crippen LogP contribution in [0, 0.1) is 5.92 Å². The van der Waals surface area contributed by atoms with Crippen molar-refractivity contribution in [2.75, 3.05) is 6.54 Å². The molecule has 0 spiro atoms. The lowest BCUT2D eigenvalue weighted by Gasteiger charge is -2.31. The largest absolute Gasteiger partial charge is 0.374 e. The molecule has 1 rings (SSSR count). The zero-order valence-corrected chi connectivity index (χ0v) is 12.9. The second-order valence-electron chi connectivity index (χ2n) is 5.93. The molecule has 0 saturated heterocycles. The first kappa shape index (κ1) is 16.0. The third-order valence-electron chi connectivity index (χ3n) is 4.42. The van der Waals surface area contributed by atoms with Gasteiger partial charge in [-0.2, -0.15) is 0 Å². The van der Waals surface area contributed by atoms with E-state index >= 15 is 0 Å². The highest BCUT2D eigenvalue weighted by Crippen LogP contribution is 2.28. The molecule has 3 unspecified atom stereocenters. The minimum absolute atomic E-state index is 0.353. The Labute approximate surface area is 114 Å². The summed E-state index contributed by atoms with van der Waals surface area (Å²) in [5.74, 6) is 0.906. The van der Waals surface area contributed by atoms with E-state index in [1.54, 1.807) is 0 Å². The standard InChI is InChI=1S/C16H33NO/c1-5-14-9-8-10-16(11-14)18-13(4)12-17-15(6-2)7-3/h13-17H,5-12H2,1-4H3. The summed E-state index contributed by atoms with van der Waals surface area (Å²) >= 11 is 0. The molecule has 1 aliphatic carbocycles. The molecule has 1 N–H and O–H groups in total. The van der Waals surface area contributed by atoms with E-state index in [1.807, 2.05) is 0 Å². The van der Waals surface area contributed by atoms with Crippen molar-refractivity contribution in [3.05, 3.63) is 0 Å². The fourth-order valence-corrected chi connectivity index (χ4v) is 3.02. The van der Waals surface area contributed by atoms with Gasteiger partial charge in [0.05, 0.1) is 12.2 Å². The summed E-state index contributed by atoms with van der Waals surface area (Å²) in [4.78, 5) is 0. The second-order valence-corrected chi connectivity index (χ2v) is 5.93. The van der Waals surface area contributed by atoms with E-state index in [0.717, 1.165) is 12.5 Å². The third-order valence-corrected chi connectivity index (χ3v) is 4.42. The SMILES string of the molecule is CCC1CCCC(OC(C)CNC(CC)CC)C1. The molecule has 0 heterocycles. The summed E-state index contributed by atoms with van der Waals surface area (Å²) < 4.78 is 6.20. The minimum atomic E-state index is 0.353. The molecule has 1 fully saturated rings. The maximum Gasteiger partial charge on any atom is 0.0675 e. The van der Waals surface area contributed by atoms with Crippen LogP contribution in [0.5, 0.6) is 0 Å². The van der Waals surface area contributed by atoms with Crippen molar-refractivity contribution in [2.24, 2.45) is 5.92 Å². The number of hydrogen-bond donors (Lipinski definition) is 1. The lowest BCUT2D eigenvalue weighted by Crippen LogP contribution is -2.37. The Morgan fingerprint density at radius 1 is 1.17 bits per heavy atom. The number of nitrogens with one attached hydrogen (secondary N) is 1. The average molecular weight is 255 g/mol. The molecule has 2 heteroatoms. The van der Waals surface area contributed by atoms with Gasteiger partial charge >= 0.3 is 0 Å². The fourth-order valence-electron chi connectivity index (χ4n) is 3.02. The van der Waals surface area contributed by atoms with Crippen molar-refractivity contribution in [3.63, 3.8) is 0 Å². The van der Waals surface area contributed by atoms with Crippen LogP contribution in [0.2, 0.25) is 0 Å². The van der Waals surface area contributed by atoms with Gasteiger partial charge in [-0.05, 0) is 38.5 Å². The Balaban J connectivity index is 2.20. The van der Waals surface area contributed by atoms with Crippen LogP contribution in [0.15, 0.2) is 0 Å². The van der Waals surface area contributed by atoms with E-state index in [-0.39, 0.29) is 0 Å². The van der Waals surface area contributed by atoms with Gasteiger partial charge in [-0.1, -0.05) is 40.0 Å². The molecule has 0 aliphatic heterocycles. The highest BCUT2D eigenvalue weighted by Gasteiger charge is 2.22. The summed E-state index contributed by atoms with van der Waals surface area (Å²) in [5.41, 5.74) is 0. The summed E-state index contributed by atoms with van der Waals surface area (Å²) in [7, 11) is 0. The molecule has 108 valence electrons. The Morgan fingerprint density at radius 3 is 2.50 bits per heavy atom. The Hall–Kier alpha value is -0.0800. The molecule has 0 amide bonds. The van der Waals surface area contributed by atoms with Crippen LogP contribution in [0.25, 0.3) is 0 Å². The normalized spacial score (nSPS) is 26.5. The van der Waals surface area contributed by atoms with Crippen LogP contribution in [0.1, 0.15) is 72.6 Å². The number of hydrogen-bond acceptors (Lipinski definition) is 2. The van der Waals surface area contributed by atoms with E-state index in [1.165, 1.54) is 44.9 Å². The van der Waals surface area contributed by atoms with Gasteiger partial charge in [0.1, 0.15) is 0 Å². The average Bonchev–Trinajstić information content (AvgIpc) is 2.40. The molecule has 0 radical (unpaired) electrons. The van der Waals surface area contributed by atoms with Gasteiger partial charge in [-0.15, -0.1) is 0 Å². The molecule has 0 bridgehead atoms. The zero-order chi connectivity index (χ0) is 13.4. The van der Waals surface area contributed by atoms with Gasteiger partial charge in [-0.25, -0.2) is 0 Å². The van der Waals surface area contributed by atoms with Gasteiger partial charge in [0.15, 0.2) is 0 Å². The molecule has 2 nitrogen and oxygen atoms in total. The highest BCUT2D eigenvalue weighted by atomic mass is 16.5. The van der Waals surface area contributed by atoms with E-state index in [4.69, 9.17) is 4.74 Å². The highest BCUT2D eigenvalue weighted by molar-refractivity contribution is 4.74. The van der Waals surface area contributed by atoms with Gasteiger partial charge in [0.2, 0.25) is 0 Å². The lowest BCUT2D eigenvalue weighted by molar-refractivity contribution is -0.0323. The predicted molar refractivity (Wildman–Crippen MR) is 79.0 cm³/mol. The second kappa shape index (κ2) is 8.92. The van der Waals surface area contributed by atoms with Crippen LogP contribution in [-0.2, 0) is 4.74 Å². The van der Waals surface area contributed by atoms with Crippen molar-refractivity contribution in [1.29, 1.82) is 0 Å². The lowest BCUT2D eigenvalue weighted by atomic mass is 9.85. The Morgan fingerprint density at radius 2 is 1.89 bits per heavy atom. The van der Waals surface area contributed by atoms with Crippen LogP contribution >= 0.6 is 0 Å². The third kappa shape index (κ3) is 5.71. The van der Waals surface area contributed by atoms with Crippen molar-refractivity contribution in [1.82, 2.24) is 5.32 Å². The Kier molecular flexibility index (Phi) is 7.92. The fraction of sp³-hybridized carbons (Fsp3) is 1.00. The summed E-state index contributed by atoms with van der Waals surface area (Å²) in [6.45, 7) is 10.0. The molecule has 18 heavy (non-hydrogen) atoms. The van der Waals surface area contributed by atoms with E-state index < -0.39 is 0 Å². The van der Waals surface area contributed by atoms with Crippen molar-refractivity contribution >= 4 is 0 Å². The summed E-state index contributed by atoms with van der Waals surface area (Å²) in [5, 5.41) is 3.61. The van der Waals surface area contributed by atoms with Crippen LogP contribution in [-0.4, -0.2) is 24.8 Å². The van der Waals surface area contributed by atoms with Gasteiger partial charge in [-0.3, -0.25) is 0 Å². The molecule has 0 aromatic rings. The molecular weight excluding hydrogens is 222 g/mol. The molecule has 0 aromatic carbocycles. The summed E-state index contributed by atoms with van der Waals surface area (Å²) in [6.07, 6.45) is 9.94. The molecule has 1 aliphatic rings. The van der Waals surface area contributed by atoms with Crippen molar-refractivity contribution in [3.8, 4) is 0 Å². The maximum absolute atomic E-state index is 6.20. The quantitative estimate of drug-likeness (QED) is 0.704. The van der Waals surface area contributed by atoms with E-state index in [2.05, 4.69) is 33.0 Å². The molecule has 0 aromatic heterocycles. The first-order valence-corrected chi connectivity index (χ1v) is 8.08. The topological polar surface area (TPSA) is 21.3 Å². The smallest absolute Gasteiger partial charge is 0.0675 e. The van der Waals surface area contributed by atoms with E-state index in [0.29, 0.717) is 18.2 Å². The van der Waals surface area contributed by atoms with Gasteiger partial charge in [0, 0.05) is 12.6 Å². The monoisotopic (exact) mass is 255 g/mol. The predicted octanol–water partition coefficient (Wildman–Crippen LogP) is 4.14. The number of rotatable bonds is 8. The van der Waals surface area contributed by atoms with E-state index in [9.17, 15) is 0 Å². The molecular formula is C16H33NO. The van der Waals surface area contributed by atoms with Crippen molar-refractivity contribution in [2.45, 2.75) is 90.9 Å². The van der Waals surface area contributed by atoms with Crippen LogP contribution < -0.4 is 5.32 Å². The van der Waals surface area contributed by atoms with Gasteiger partial charge in [0.25, 0.3) is 0 Å². The maximum atomic E-state index is 6.20. The van der Waals surface area contributed by atoms with Crippen molar-refractivity contribution < 1.29 is 4.74 Å². The molecule has 3 atom stereocenters. The summed E-state index contributed by atoms with van der Waals surface area (Å²) in [6, 6.07) is 0.658. The Bertz CT molecular complexity index is 203. The van der Waals surface area contributed by atoms with Crippen LogP contribution in [0.3, 0.4) is 0 Å². The van der Waals surface area contributed by atoms with Crippen LogP contribution in [0.4, 0.5) is 0 Å². The zero-order valence-electron chi connectivity index (χ0n) is 12.9.